The molecule has 0 fully saturated rings. The summed E-state index contributed by atoms with van der Waals surface area (Å²) in [5.74, 6) is 0.558. The number of rotatable bonds is 10. The maximum absolute atomic E-state index is 13.2. The summed E-state index contributed by atoms with van der Waals surface area (Å²) in [5.41, 5.74) is 8.90. The van der Waals surface area contributed by atoms with Crippen molar-refractivity contribution in [2.24, 2.45) is 0 Å². The number of nitrogens with zero attached hydrogens (tertiary/aromatic N) is 3. The van der Waals surface area contributed by atoms with E-state index in [0.717, 1.165) is 5.56 Å². The first kappa shape index (κ1) is 25.3. The maximum Gasteiger partial charge on any atom is 0.251 e. The minimum atomic E-state index is -0.377. The van der Waals surface area contributed by atoms with Crippen LogP contribution < -0.4 is 20.5 Å². The molecule has 0 aliphatic carbocycles. The number of methoxy groups -OCH3 is 1. The lowest BCUT2D eigenvalue weighted by molar-refractivity contribution is 0.0952. The fourth-order valence-corrected chi connectivity index (χ4v) is 3.78. The number of ether oxygens (including phenoxy) is 2. The van der Waals surface area contributed by atoms with Crippen molar-refractivity contribution in [3.05, 3.63) is 101 Å². The molecule has 0 radical (unpaired) electrons. The van der Waals surface area contributed by atoms with E-state index in [1.807, 2.05) is 30.3 Å². The summed E-state index contributed by atoms with van der Waals surface area (Å²) in [5, 5.41) is 16.8. The second kappa shape index (κ2) is 11.7. The molecule has 4 aromatic rings. The zero-order valence-corrected chi connectivity index (χ0v) is 20.3. The first-order chi connectivity index (χ1) is 18.0. The molecule has 0 saturated heterocycles. The Morgan fingerprint density at radius 1 is 1.11 bits per heavy atom. The van der Waals surface area contributed by atoms with Crippen molar-refractivity contribution in [3.63, 3.8) is 0 Å². The molecule has 3 aromatic carbocycles. The highest BCUT2D eigenvalue weighted by Gasteiger charge is 2.17. The average molecular weight is 500 g/mol. The van der Waals surface area contributed by atoms with Gasteiger partial charge in [-0.2, -0.15) is 10.4 Å². The van der Waals surface area contributed by atoms with Crippen molar-refractivity contribution in [1.82, 2.24) is 15.1 Å². The van der Waals surface area contributed by atoms with Crippen LogP contribution in [0.5, 0.6) is 11.5 Å². The Kier molecular flexibility index (Phi) is 8.01. The number of nitrogens with one attached hydrogen (secondary N) is 1. The van der Waals surface area contributed by atoms with Crippen molar-refractivity contribution in [3.8, 4) is 23.3 Å². The molecule has 0 unspecified atom stereocenters. The number of carbonyl (C=O) groups excluding carboxylic acids is 1. The molecular formula is C28H26FN5O3. The van der Waals surface area contributed by atoms with Gasteiger partial charge in [0, 0.05) is 12.1 Å². The lowest BCUT2D eigenvalue weighted by Crippen LogP contribution is -2.24. The van der Waals surface area contributed by atoms with Gasteiger partial charge < -0.3 is 20.5 Å². The third kappa shape index (κ3) is 6.05. The molecular weight excluding hydrogens is 473 g/mol. The van der Waals surface area contributed by atoms with Gasteiger partial charge in [-0.25, -0.2) is 9.07 Å². The van der Waals surface area contributed by atoms with Gasteiger partial charge in [-0.15, -0.1) is 0 Å². The number of nitriles is 1. The first-order valence-electron chi connectivity index (χ1n) is 11.7. The van der Waals surface area contributed by atoms with E-state index in [0.29, 0.717) is 54.4 Å². The zero-order chi connectivity index (χ0) is 26.2. The number of nitrogen functional groups attached to an aromatic ring is 1. The third-order valence-corrected chi connectivity index (χ3v) is 5.72. The number of aromatic nitrogens is 2. The fraction of sp³-hybridized carbons (Fsp3) is 0.179. The SMILES string of the molecule is COc1cc(C(=O)NCCCc2nn(-c3ccc(F)cc3)c(N)c2C#N)ccc1OCc1ccccc1. The number of benzene rings is 3. The van der Waals surface area contributed by atoms with Gasteiger partial charge in [-0.1, -0.05) is 30.3 Å². The minimum absolute atomic E-state index is 0.190. The summed E-state index contributed by atoms with van der Waals surface area (Å²) in [6.45, 7) is 0.746. The number of amides is 1. The van der Waals surface area contributed by atoms with E-state index < -0.39 is 0 Å². The smallest absolute Gasteiger partial charge is 0.251 e. The number of hydrogen-bond acceptors (Lipinski definition) is 6. The van der Waals surface area contributed by atoms with E-state index in [1.54, 1.807) is 18.2 Å². The Labute approximate surface area is 214 Å². The molecule has 0 aliphatic heterocycles. The number of anilines is 1. The predicted octanol–water partition coefficient (Wildman–Crippen LogP) is 4.42. The molecule has 9 heteroatoms. The molecule has 0 atom stereocenters. The van der Waals surface area contributed by atoms with Crippen LogP contribution in [0.25, 0.3) is 5.69 Å². The van der Waals surface area contributed by atoms with E-state index >= 15 is 0 Å². The van der Waals surface area contributed by atoms with Crippen molar-refractivity contribution >= 4 is 11.7 Å². The summed E-state index contributed by atoms with van der Waals surface area (Å²) in [4.78, 5) is 12.7. The monoisotopic (exact) mass is 499 g/mol. The van der Waals surface area contributed by atoms with Crippen molar-refractivity contribution in [2.75, 3.05) is 19.4 Å². The van der Waals surface area contributed by atoms with Crippen LogP contribution in [-0.4, -0.2) is 29.3 Å². The normalized spacial score (nSPS) is 10.5. The Balaban J connectivity index is 1.34. The van der Waals surface area contributed by atoms with E-state index in [-0.39, 0.29) is 23.1 Å². The predicted molar refractivity (Wildman–Crippen MR) is 137 cm³/mol. The van der Waals surface area contributed by atoms with Crippen molar-refractivity contribution in [2.45, 2.75) is 19.4 Å². The second-order valence-electron chi connectivity index (χ2n) is 8.21. The Morgan fingerprint density at radius 3 is 2.57 bits per heavy atom. The maximum atomic E-state index is 13.2. The summed E-state index contributed by atoms with van der Waals surface area (Å²) in [6.07, 6.45) is 0.965. The van der Waals surface area contributed by atoms with Crippen molar-refractivity contribution in [1.29, 1.82) is 5.26 Å². The van der Waals surface area contributed by atoms with Gasteiger partial charge >= 0.3 is 0 Å². The molecule has 37 heavy (non-hydrogen) atoms. The molecule has 0 saturated carbocycles. The molecule has 8 nitrogen and oxygen atoms in total. The van der Waals surface area contributed by atoms with E-state index in [1.165, 1.54) is 36.1 Å². The number of carbonyl (C=O) groups is 1. The van der Waals surface area contributed by atoms with Crippen LogP contribution in [0.3, 0.4) is 0 Å². The lowest BCUT2D eigenvalue weighted by Gasteiger charge is -2.12. The molecule has 1 amide bonds. The largest absolute Gasteiger partial charge is 0.493 e. The number of aryl methyl sites for hydroxylation is 1. The van der Waals surface area contributed by atoms with E-state index in [4.69, 9.17) is 15.2 Å². The van der Waals surface area contributed by atoms with Gasteiger partial charge in [0.1, 0.15) is 29.9 Å². The highest BCUT2D eigenvalue weighted by Crippen LogP contribution is 2.29. The van der Waals surface area contributed by atoms with Crippen LogP contribution in [0.1, 0.15) is 33.6 Å². The molecule has 0 bridgehead atoms. The van der Waals surface area contributed by atoms with Crippen LogP contribution in [0, 0.1) is 17.1 Å². The zero-order valence-electron chi connectivity index (χ0n) is 20.3. The van der Waals surface area contributed by atoms with Crippen LogP contribution in [0.2, 0.25) is 0 Å². The molecule has 0 aliphatic rings. The second-order valence-corrected chi connectivity index (χ2v) is 8.21. The van der Waals surface area contributed by atoms with E-state index in [2.05, 4.69) is 16.5 Å². The lowest BCUT2D eigenvalue weighted by atomic mass is 10.1. The summed E-state index contributed by atoms with van der Waals surface area (Å²) < 4.78 is 25.9. The van der Waals surface area contributed by atoms with Gasteiger partial charge in [0.05, 0.1) is 18.5 Å². The van der Waals surface area contributed by atoms with Gasteiger partial charge in [0.2, 0.25) is 0 Å². The van der Waals surface area contributed by atoms with Crippen LogP contribution in [-0.2, 0) is 13.0 Å². The van der Waals surface area contributed by atoms with Gasteiger partial charge in [0.25, 0.3) is 5.91 Å². The minimum Gasteiger partial charge on any atom is -0.493 e. The van der Waals surface area contributed by atoms with Crippen LogP contribution in [0.4, 0.5) is 10.2 Å². The van der Waals surface area contributed by atoms with Gasteiger partial charge in [-0.05, 0) is 60.9 Å². The average Bonchev–Trinajstić information content (AvgIpc) is 3.25. The molecule has 1 aromatic heterocycles. The number of nitrogens with two attached hydrogens (primary N) is 1. The highest BCUT2D eigenvalue weighted by atomic mass is 19.1. The Hall–Kier alpha value is -4.84. The third-order valence-electron chi connectivity index (χ3n) is 5.72. The van der Waals surface area contributed by atoms with Gasteiger partial charge in [-0.3, -0.25) is 4.79 Å². The molecule has 1 heterocycles. The molecule has 3 N–H and O–H groups in total. The molecule has 4 rings (SSSR count). The topological polar surface area (TPSA) is 115 Å². The van der Waals surface area contributed by atoms with Crippen molar-refractivity contribution < 1.29 is 18.7 Å². The number of hydrogen-bond donors (Lipinski definition) is 2. The number of halogens is 1. The Bertz CT molecular complexity index is 1410. The molecule has 0 spiro atoms. The van der Waals surface area contributed by atoms with E-state index in [9.17, 15) is 14.4 Å². The molecule has 188 valence electrons. The quantitative estimate of drug-likeness (QED) is 0.312. The fourth-order valence-electron chi connectivity index (χ4n) is 3.78. The summed E-state index contributed by atoms with van der Waals surface area (Å²) >= 11 is 0. The van der Waals surface area contributed by atoms with Gasteiger partial charge in [0.15, 0.2) is 11.5 Å². The standard InChI is InChI=1S/C28H26FN5O3/c1-36-26-16-20(9-14-25(26)37-18-19-6-3-2-4-7-19)28(35)32-15-5-8-24-23(17-30)27(31)34(33-24)22-12-10-21(29)11-13-22/h2-4,6-7,9-14,16H,5,8,15,18,31H2,1H3,(H,32,35). The summed E-state index contributed by atoms with van der Waals surface area (Å²) in [6, 6.07) is 22.5. The Morgan fingerprint density at radius 2 is 1.86 bits per heavy atom. The first-order valence-corrected chi connectivity index (χ1v) is 11.7. The summed E-state index contributed by atoms with van der Waals surface area (Å²) in [7, 11) is 1.52. The van der Waals surface area contributed by atoms with Crippen LogP contribution >= 0.6 is 0 Å². The van der Waals surface area contributed by atoms with Crippen LogP contribution in [0.15, 0.2) is 72.8 Å². The highest BCUT2D eigenvalue weighted by molar-refractivity contribution is 5.94.